The van der Waals surface area contributed by atoms with Gasteiger partial charge in [0.15, 0.2) is 0 Å². The lowest BCUT2D eigenvalue weighted by Gasteiger charge is -2.34. The molecule has 100 valence electrons. The number of nitrogens with zero attached hydrogens (tertiary/aromatic N) is 1. The van der Waals surface area contributed by atoms with E-state index >= 15 is 0 Å². The van der Waals surface area contributed by atoms with E-state index in [9.17, 15) is 8.42 Å². The summed E-state index contributed by atoms with van der Waals surface area (Å²) in [4.78, 5) is 0. The van der Waals surface area contributed by atoms with Crippen LogP contribution < -0.4 is 5.32 Å². The number of hydrogen-bond acceptors (Lipinski definition) is 4. The minimum absolute atomic E-state index is 0.227. The summed E-state index contributed by atoms with van der Waals surface area (Å²) in [5, 5.41) is 2.94. The number of ether oxygens (including phenoxy) is 1. The fraction of sp³-hybridized carbons (Fsp3) is 1.00. The average Bonchev–Trinajstić information content (AvgIpc) is 2.40. The Hall–Kier alpha value is -0.170. The van der Waals surface area contributed by atoms with Gasteiger partial charge in [-0.05, 0) is 32.2 Å². The molecular formula is C11H22N2O3S. The fourth-order valence-corrected chi connectivity index (χ4v) is 4.54. The summed E-state index contributed by atoms with van der Waals surface area (Å²) in [5.74, 6) is 0. The molecule has 17 heavy (non-hydrogen) atoms. The maximum absolute atomic E-state index is 12.4. The molecule has 1 N–H and O–H groups in total. The molecule has 2 heterocycles. The summed E-state index contributed by atoms with van der Waals surface area (Å²) in [7, 11) is -1.41. The molecule has 0 aromatic carbocycles. The molecule has 0 amide bonds. The van der Waals surface area contributed by atoms with Crippen molar-refractivity contribution in [2.75, 3.05) is 33.3 Å². The summed E-state index contributed by atoms with van der Waals surface area (Å²) in [6.07, 6.45) is 3.61. The molecule has 0 saturated carbocycles. The first-order chi connectivity index (χ1) is 8.14. The standard InChI is InChI=1S/C11H22N2O3S/c1-16-10-4-7-13(8-5-10)17(14,15)11-3-2-6-12-9-11/h10-12H,2-9H2,1H3. The maximum atomic E-state index is 12.4. The summed E-state index contributed by atoms with van der Waals surface area (Å²) >= 11 is 0. The smallest absolute Gasteiger partial charge is 0.218 e. The zero-order valence-corrected chi connectivity index (χ0v) is 11.2. The lowest BCUT2D eigenvalue weighted by Crippen LogP contribution is -2.49. The zero-order valence-electron chi connectivity index (χ0n) is 10.4. The van der Waals surface area contributed by atoms with Crippen LogP contribution in [0, 0.1) is 0 Å². The van der Waals surface area contributed by atoms with Crippen molar-refractivity contribution in [3.63, 3.8) is 0 Å². The van der Waals surface area contributed by atoms with Gasteiger partial charge in [0.25, 0.3) is 0 Å². The summed E-state index contributed by atoms with van der Waals surface area (Å²) in [6.45, 7) is 2.76. The first-order valence-electron chi connectivity index (χ1n) is 6.37. The third kappa shape index (κ3) is 2.99. The first kappa shape index (κ1) is 13.3. The van der Waals surface area contributed by atoms with E-state index in [1.165, 1.54) is 0 Å². The first-order valence-corrected chi connectivity index (χ1v) is 7.87. The van der Waals surface area contributed by atoms with Gasteiger partial charge < -0.3 is 10.1 Å². The van der Waals surface area contributed by atoms with Crippen molar-refractivity contribution >= 4 is 10.0 Å². The van der Waals surface area contributed by atoms with Crippen molar-refractivity contribution in [3.8, 4) is 0 Å². The van der Waals surface area contributed by atoms with Crippen molar-refractivity contribution in [1.29, 1.82) is 0 Å². The van der Waals surface area contributed by atoms with Gasteiger partial charge in [-0.3, -0.25) is 0 Å². The Morgan fingerprint density at radius 1 is 1.24 bits per heavy atom. The summed E-state index contributed by atoms with van der Waals surface area (Å²) in [6, 6.07) is 0. The number of nitrogens with one attached hydrogen (secondary N) is 1. The van der Waals surface area contributed by atoms with Crippen LogP contribution in [0.25, 0.3) is 0 Å². The number of sulfonamides is 1. The van der Waals surface area contributed by atoms with Crippen LogP contribution in [0.4, 0.5) is 0 Å². The number of hydrogen-bond donors (Lipinski definition) is 1. The third-order valence-electron chi connectivity index (χ3n) is 3.77. The molecular weight excluding hydrogens is 240 g/mol. The molecule has 0 radical (unpaired) electrons. The Bertz CT molecular complexity index is 331. The van der Waals surface area contributed by atoms with Crippen molar-refractivity contribution in [2.45, 2.75) is 37.0 Å². The highest BCUT2D eigenvalue weighted by Crippen LogP contribution is 2.21. The average molecular weight is 262 g/mol. The lowest BCUT2D eigenvalue weighted by molar-refractivity contribution is 0.0602. The number of methoxy groups -OCH3 is 1. The SMILES string of the molecule is COC1CCN(S(=O)(=O)C2CCCNC2)CC1. The van der Waals surface area contributed by atoms with Crippen molar-refractivity contribution < 1.29 is 13.2 Å². The Morgan fingerprint density at radius 3 is 2.47 bits per heavy atom. The second kappa shape index (κ2) is 5.65. The monoisotopic (exact) mass is 262 g/mol. The van der Waals surface area contributed by atoms with Gasteiger partial charge in [0, 0.05) is 26.7 Å². The van der Waals surface area contributed by atoms with Gasteiger partial charge in [0.1, 0.15) is 0 Å². The van der Waals surface area contributed by atoms with Gasteiger partial charge in [0.2, 0.25) is 10.0 Å². The van der Waals surface area contributed by atoms with Gasteiger partial charge in [-0.15, -0.1) is 0 Å². The van der Waals surface area contributed by atoms with Gasteiger partial charge >= 0.3 is 0 Å². The predicted molar refractivity (Wildman–Crippen MR) is 66.4 cm³/mol. The van der Waals surface area contributed by atoms with Gasteiger partial charge in [-0.25, -0.2) is 12.7 Å². The molecule has 1 atom stereocenters. The molecule has 2 aliphatic heterocycles. The molecule has 0 aliphatic carbocycles. The molecule has 2 rings (SSSR count). The van der Waals surface area contributed by atoms with Gasteiger partial charge in [-0.1, -0.05) is 0 Å². The molecule has 0 bridgehead atoms. The minimum Gasteiger partial charge on any atom is -0.381 e. The summed E-state index contributed by atoms with van der Waals surface area (Å²) < 4.78 is 31.7. The van der Waals surface area contributed by atoms with E-state index in [4.69, 9.17) is 4.74 Å². The molecule has 5 nitrogen and oxygen atoms in total. The molecule has 0 aromatic rings. The van der Waals surface area contributed by atoms with E-state index in [2.05, 4.69) is 5.32 Å². The topological polar surface area (TPSA) is 58.6 Å². The molecule has 2 saturated heterocycles. The van der Waals surface area contributed by atoms with Crippen LogP contribution in [0.2, 0.25) is 0 Å². The quantitative estimate of drug-likeness (QED) is 0.788. The maximum Gasteiger partial charge on any atom is 0.218 e. The predicted octanol–water partition coefficient (Wildman–Crippen LogP) is 0.179. The van der Waals surface area contributed by atoms with E-state index in [1.54, 1.807) is 11.4 Å². The van der Waals surface area contributed by atoms with Gasteiger partial charge in [0.05, 0.1) is 11.4 Å². The molecule has 6 heteroatoms. The van der Waals surface area contributed by atoms with Crippen LogP contribution in [-0.2, 0) is 14.8 Å². The van der Waals surface area contributed by atoms with Crippen molar-refractivity contribution in [3.05, 3.63) is 0 Å². The molecule has 0 spiro atoms. The second-order valence-electron chi connectivity index (χ2n) is 4.85. The highest BCUT2D eigenvalue weighted by atomic mass is 32.2. The molecule has 1 unspecified atom stereocenters. The van der Waals surface area contributed by atoms with Crippen molar-refractivity contribution in [1.82, 2.24) is 9.62 Å². The van der Waals surface area contributed by atoms with Crippen LogP contribution in [0.3, 0.4) is 0 Å². The van der Waals surface area contributed by atoms with Crippen LogP contribution in [-0.4, -0.2) is 57.4 Å². The Morgan fingerprint density at radius 2 is 1.94 bits per heavy atom. The van der Waals surface area contributed by atoms with Crippen LogP contribution in [0.15, 0.2) is 0 Å². The Labute approximate surface area is 104 Å². The fourth-order valence-electron chi connectivity index (χ4n) is 2.61. The largest absolute Gasteiger partial charge is 0.381 e. The minimum atomic E-state index is -3.10. The van der Waals surface area contributed by atoms with Crippen LogP contribution in [0.5, 0.6) is 0 Å². The van der Waals surface area contributed by atoms with Crippen LogP contribution >= 0.6 is 0 Å². The molecule has 2 aliphatic rings. The number of piperidine rings is 2. The molecule has 0 aromatic heterocycles. The number of rotatable bonds is 3. The van der Waals surface area contributed by atoms with E-state index in [0.29, 0.717) is 19.6 Å². The highest BCUT2D eigenvalue weighted by Gasteiger charge is 2.35. The van der Waals surface area contributed by atoms with E-state index in [1.807, 2.05) is 0 Å². The lowest BCUT2D eigenvalue weighted by atomic mass is 10.1. The highest BCUT2D eigenvalue weighted by molar-refractivity contribution is 7.89. The van der Waals surface area contributed by atoms with Crippen LogP contribution in [0.1, 0.15) is 25.7 Å². The second-order valence-corrected chi connectivity index (χ2v) is 7.06. The third-order valence-corrected chi connectivity index (χ3v) is 6.10. The Balaban J connectivity index is 1.96. The van der Waals surface area contributed by atoms with Gasteiger partial charge in [-0.2, -0.15) is 0 Å². The summed E-state index contributed by atoms with van der Waals surface area (Å²) in [5.41, 5.74) is 0. The van der Waals surface area contributed by atoms with E-state index in [-0.39, 0.29) is 11.4 Å². The zero-order chi connectivity index (χ0) is 12.3. The van der Waals surface area contributed by atoms with Crippen molar-refractivity contribution in [2.24, 2.45) is 0 Å². The normalized spacial score (nSPS) is 29.4. The van der Waals surface area contributed by atoms with E-state index in [0.717, 1.165) is 32.2 Å². The van der Waals surface area contributed by atoms with E-state index < -0.39 is 10.0 Å². The molecule has 2 fully saturated rings. The Kier molecular flexibility index (Phi) is 4.41.